The van der Waals surface area contributed by atoms with Gasteiger partial charge in [0.15, 0.2) is 5.82 Å². The van der Waals surface area contributed by atoms with E-state index in [1.165, 1.54) is 11.1 Å². The minimum Gasteiger partial charge on any atom is -0.369 e. The van der Waals surface area contributed by atoms with Crippen molar-refractivity contribution in [2.75, 3.05) is 17.2 Å². The predicted molar refractivity (Wildman–Crippen MR) is 102 cm³/mol. The van der Waals surface area contributed by atoms with E-state index >= 15 is 0 Å². The molecule has 0 spiro atoms. The molecule has 0 aliphatic carbocycles. The first-order valence-corrected chi connectivity index (χ1v) is 8.52. The first kappa shape index (κ1) is 16.9. The predicted octanol–water partition coefficient (Wildman–Crippen LogP) is 4.28. The molecule has 0 unspecified atom stereocenters. The van der Waals surface area contributed by atoms with E-state index in [0.29, 0.717) is 5.95 Å². The molecule has 0 amide bonds. The highest BCUT2D eigenvalue weighted by molar-refractivity contribution is 5.59. The molecule has 0 saturated heterocycles. The molecule has 0 saturated carbocycles. The van der Waals surface area contributed by atoms with Crippen molar-refractivity contribution in [1.82, 2.24) is 15.2 Å². The van der Waals surface area contributed by atoms with Crippen LogP contribution in [0.3, 0.4) is 0 Å². The van der Waals surface area contributed by atoms with E-state index in [1.54, 1.807) is 6.20 Å². The van der Waals surface area contributed by atoms with Gasteiger partial charge in [0.2, 0.25) is 5.95 Å². The van der Waals surface area contributed by atoms with Crippen molar-refractivity contribution in [1.29, 1.82) is 0 Å². The highest BCUT2D eigenvalue weighted by atomic mass is 15.3. The summed E-state index contributed by atoms with van der Waals surface area (Å²) in [5.74, 6) is 1.23. The van der Waals surface area contributed by atoms with Crippen LogP contribution in [0.5, 0.6) is 0 Å². The van der Waals surface area contributed by atoms with Gasteiger partial charge >= 0.3 is 0 Å². The molecule has 3 rings (SSSR count). The molecule has 1 aromatic heterocycles. The SMILES string of the molecule is Cc1ccc(Nc2nncc(NCCCc3ccccc3)n2)c(C)c1. The second kappa shape index (κ2) is 8.24. The number of nitrogens with zero attached hydrogens (tertiary/aromatic N) is 3. The Bertz CT molecular complexity index is 817. The number of nitrogens with one attached hydrogen (secondary N) is 2. The summed E-state index contributed by atoms with van der Waals surface area (Å²) >= 11 is 0. The van der Waals surface area contributed by atoms with Crippen molar-refractivity contribution in [2.45, 2.75) is 26.7 Å². The third-order valence-electron chi connectivity index (χ3n) is 3.98. The molecule has 25 heavy (non-hydrogen) atoms. The van der Waals surface area contributed by atoms with Crippen LogP contribution >= 0.6 is 0 Å². The summed E-state index contributed by atoms with van der Waals surface area (Å²) in [5, 5.41) is 14.6. The summed E-state index contributed by atoms with van der Waals surface area (Å²) in [6.45, 7) is 4.99. The maximum atomic E-state index is 4.48. The van der Waals surface area contributed by atoms with Gasteiger partial charge in [-0.3, -0.25) is 0 Å². The van der Waals surface area contributed by atoms with Gasteiger partial charge in [-0.2, -0.15) is 10.1 Å². The normalized spacial score (nSPS) is 10.5. The van der Waals surface area contributed by atoms with Crippen molar-refractivity contribution in [3.8, 4) is 0 Å². The van der Waals surface area contributed by atoms with Gasteiger partial charge in [-0.05, 0) is 43.9 Å². The van der Waals surface area contributed by atoms with E-state index in [4.69, 9.17) is 0 Å². The fourth-order valence-electron chi connectivity index (χ4n) is 2.67. The second-order valence-corrected chi connectivity index (χ2v) is 6.12. The maximum absolute atomic E-state index is 4.48. The molecule has 5 nitrogen and oxygen atoms in total. The lowest BCUT2D eigenvalue weighted by Gasteiger charge is -2.10. The van der Waals surface area contributed by atoms with Gasteiger partial charge in [0, 0.05) is 12.2 Å². The van der Waals surface area contributed by atoms with Crippen LogP contribution in [-0.2, 0) is 6.42 Å². The molecular weight excluding hydrogens is 310 g/mol. The quantitative estimate of drug-likeness (QED) is 0.632. The Balaban J connectivity index is 1.54. The molecular formula is C20H23N5. The molecule has 5 heteroatoms. The van der Waals surface area contributed by atoms with Crippen LogP contribution in [0.2, 0.25) is 0 Å². The smallest absolute Gasteiger partial charge is 0.249 e. The van der Waals surface area contributed by atoms with Crippen molar-refractivity contribution in [2.24, 2.45) is 0 Å². The van der Waals surface area contributed by atoms with Crippen LogP contribution in [-0.4, -0.2) is 21.7 Å². The fraction of sp³-hybridized carbons (Fsp3) is 0.250. The van der Waals surface area contributed by atoms with Crippen molar-refractivity contribution in [3.63, 3.8) is 0 Å². The van der Waals surface area contributed by atoms with Crippen molar-refractivity contribution < 1.29 is 0 Å². The zero-order chi connectivity index (χ0) is 17.5. The number of hydrogen-bond donors (Lipinski definition) is 2. The van der Waals surface area contributed by atoms with Gasteiger partial charge < -0.3 is 10.6 Å². The summed E-state index contributed by atoms with van der Waals surface area (Å²) in [5.41, 5.74) is 4.73. The van der Waals surface area contributed by atoms with E-state index in [9.17, 15) is 0 Å². The van der Waals surface area contributed by atoms with E-state index in [2.05, 4.69) is 76.1 Å². The summed E-state index contributed by atoms with van der Waals surface area (Å²) in [6.07, 6.45) is 3.73. The molecule has 0 atom stereocenters. The van der Waals surface area contributed by atoms with Crippen LogP contribution in [0.25, 0.3) is 0 Å². The first-order chi connectivity index (χ1) is 12.2. The lowest BCUT2D eigenvalue weighted by Crippen LogP contribution is -2.08. The van der Waals surface area contributed by atoms with E-state index < -0.39 is 0 Å². The van der Waals surface area contributed by atoms with Gasteiger partial charge in [0.25, 0.3) is 0 Å². The highest BCUT2D eigenvalue weighted by Crippen LogP contribution is 2.19. The van der Waals surface area contributed by atoms with E-state index in [1.807, 2.05) is 12.1 Å². The molecule has 0 aliphatic rings. The lowest BCUT2D eigenvalue weighted by atomic mass is 10.1. The Kier molecular flexibility index (Phi) is 5.57. The Hall–Kier alpha value is -2.95. The number of hydrogen-bond acceptors (Lipinski definition) is 5. The van der Waals surface area contributed by atoms with Gasteiger partial charge in [0.1, 0.15) is 0 Å². The fourth-order valence-corrected chi connectivity index (χ4v) is 2.67. The molecule has 128 valence electrons. The number of benzene rings is 2. The molecule has 1 heterocycles. The van der Waals surface area contributed by atoms with Gasteiger partial charge in [-0.25, -0.2) is 0 Å². The third-order valence-corrected chi connectivity index (χ3v) is 3.98. The Morgan fingerprint density at radius 1 is 1.00 bits per heavy atom. The van der Waals surface area contributed by atoms with E-state index in [0.717, 1.165) is 36.5 Å². The van der Waals surface area contributed by atoms with Gasteiger partial charge in [-0.1, -0.05) is 48.0 Å². The van der Waals surface area contributed by atoms with Crippen molar-refractivity contribution in [3.05, 3.63) is 71.4 Å². The monoisotopic (exact) mass is 333 g/mol. The second-order valence-electron chi connectivity index (χ2n) is 6.12. The minimum absolute atomic E-state index is 0.500. The van der Waals surface area contributed by atoms with Gasteiger partial charge in [0.05, 0.1) is 6.20 Å². The van der Waals surface area contributed by atoms with E-state index in [-0.39, 0.29) is 0 Å². The average molecular weight is 333 g/mol. The molecule has 0 fully saturated rings. The molecule has 2 aromatic carbocycles. The maximum Gasteiger partial charge on any atom is 0.249 e. The number of aryl methyl sites for hydroxylation is 3. The van der Waals surface area contributed by atoms with Crippen LogP contribution < -0.4 is 10.6 Å². The number of anilines is 3. The summed E-state index contributed by atoms with van der Waals surface area (Å²) in [4.78, 5) is 4.48. The topological polar surface area (TPSA) is 62.7 Å². The Labute approximate surface area is 148 Å². The van der Waals surface area contributed by atoms with Gasteiger partial charge in [-0.15, -0.1) is 5.10 Å². The highest BCUT2D eigenvalue weighted by Gasteiger charge is 2.04. The van der Waals surface area contributed by atoms with Crippen LogP contribution in [0.4, 0.5) is 17.5 Å². The Morgan fingerprint density at radius 2 is 1.84 bits per heavy atom. The zero-order valence-electron chi connectivity index (χ0n) is 14.7. The molecule has 2 N–H and O–H groups in total. The molecule has 0 bridgehead atoms. The first-order valence-electron chi connectivity index (χ1n) is 8.52. The number of aromatic nitrogens is 3. The minimum atomic E-state index is 0.500. The van der Waals surface area contributed by atoms with Crippen LogP contribution in [0.15, 0.2) is 54.7 Å². The summed E-state index contributed by atoms with van der Waals surface area (Å²) in [7, 11) is 0. The lowest BCUT2D eigenvalue weighted by molar-refractivity contribution is 0.853. The largest absolute Gasteiger partial charge is 0.369 e. The third kappa shape index (κ3) is 5.01. The zero-order valence-corrected chi connectivity index (χ0v) is 14.7. The molecule has 0 aliphatic heterocycles. The van der Waals surface area contributed by atoms with Crippen LogP contribution in [0, 0.1) is 13.8 Å². The summed E-state index contributed by atoms with van der Waals surface area (Å²) in [6, 6.07) is 16.7. The molecule has 0 radical (unpaired) electrons. The average Bonchev–Trinajstić information content (AvgIpc) is 2.62. The van der Waals surface area contributed by atoms with Crippen molar-refractivity contribution >= 4 is 17.5 Å². The Morgan fingerprint density at radius 3 is 2.64 bits per heavy atom. The molecule has 3 aromatic rings. The standard InChI is InChI=1S/C20H23N5/c1-15-10-11-18(16(2)13-15)23-20-24-19(14-22-25-20)21-12-6-9-17-7-4-3-5-8-17/h3-5,7-8,10-11,13-14H,6,9,12H2,1-2H3,(H2,21,23,24,25). The number of rotatable bonds is 7. The van der Waals surface area contributed by atoms with Crippen LogP contribution in [0.1, 0.15) is 23.1 Å². The summed E-state index contributed by atoms with van der Waals surface area (Å²) < 4.78 is 0.